The van der Waals surface area contributed by atoms with Crippen LogP contribution in [0.25, 0.3) is 10.2 Å². The number of sulfonamides is 1. The van der Waals surface area contributed by atoms with Gasteiger partial charge < -0.3 is 9.30 Å². The molecule has 2 aromatic heterocycles. The molecule has 1 aromatic carbocycles. The number of carbonyl (C=O) groups excluding carboxylic acids is 2. The average molecular weight is 438 g/mol. The Morgan fingerprint density at radius 2 is 2.03 bits per heavy atom. The van der Waals surface area contributed by atoms with E-state index < -0.39 is 21.9 Å². The highest BCUT2D eigenvalue weighted by Crippen LogP contribution is 2.21. The van der Waals surface area contributed by atoms with E-state index >= 15 is 0 Å². The number of benzene rings is 1. The Bertz CT molecular complexity index is 1250. The van der Waals surface area contributed by atoms with Gasteiger partial charge in [0.1, 0.15) is 6.54 Å². The highest BCUT2D eigenvalue weighted by Gasteiger charge is 2.16. The lowest BCUT2D eigenvalue weighted by Crippen LogP contribution is -2.23. The molecular formula is C17H19N5O5S2. The lowest BCUT2D eigenvalue weighted by molar-refractivity contribution is -0.143. The second-order valence-electron chi connectivity index (χ2n) is 5.92. The van der Waals surface area contributed by atoms with Crippen LogP contribution >= 0.6 is 11.3 Å². The largest absolute Gasteiger partial charge is 0.465 e. The van der Waals surface area contributed by atoms with Crippen molar-refractivity contribution in [3.8, 4) is 0 Å². The summed E-state index contributed by atoms with van der Waals surface area (Å²) in [6.45, 7) is 4.21. The van der Waals surface area contributed by atoms with E-state index in [0.717, 1.165) is 11.3 Å². The summed E-state index contributed by atoms with van der Waals surface area (Å²) in [6, 6.07) is 5.78. The van der Waals surface area contributed by atoms with Crippen molar-refractivity contribution >= 4 is 43.5 Å². The first kappa shape index (κ1) is 20.9. The van der Waals surface area contributed by atoms with Gasteiger partial charge in [-0.1, -0.05) is 11.3 Å². The molecule has 0 fully saturated rings. The summed E-state index contributed by atoms with van der Waals surface area (Å²) in [4.78, 5) is 28.8. The van der Waals surface area contributed by atoms with Gasteiger partial charge in [0.25, 0.3) is 5.91 Å². The third kappa shape index (κ3) is 4.60. The number of amides is 1. The van der Waals surface area contributed by atoms with Crippen LogP contribution in [0.2, 0.25) is 0 Å². The molecule has 3 rings (SSSR count). The molecule has 0 saturated carbocycles. The summed E-state index contributed by atoms with van der Waals surface area (Å²) in [7, 11) is -3.90. The van der Waals surface area contributed by atoms with Gasteiger partial charge in [-0.3, -0.25) is 14.3 Å². The summed E-state index contributed by atoms with van der Waals surface area (Å²) in [5.41, 5.74) is 0.693. The molecule has 1 amide bonds. The van der Waals surface area contributed by atoms with E-state index in [9.17, 15) is 18.0 Å². The summed E-state index contributed by atoms with van der Waals surface area (Å²) in [5.74, 6) is -1.08. The molecule has 29 heavy (non-hydrogen) atoms. The number of nitrogens with zero attached hydrogens (tertiary/aromatic N) is 4. The summed E-state index contributed by atoms with van der Waals surface area (Å²) in [6.07, 6.45) is 1.67. The second-order valence-corrected chi connectivity index (χ2v) is 8.49. The van der Waals surface area contributed by atoms with Crippen molar-refractivity contribution in [2.45, 2.75) is 31.8 Å². The molecule has 0 aliphatic rings. The van der Waals surface area contributed by atoms with E-state index in [1.54, 1.807) is 23.9 Å². The minimum atomic E-state index is -3.90. The van der Waals surface area contributed by atoms with Crippen LogP contribution in [-0.2, 0) is 32.6 Å². The van der Waals surface area contributed by atoms with E-state index in [2.05, 4.69) is 10.1 Å². The van der Waals surface area contributed by atoms with Crippen molar-refractivity contribution < 1.29 is 22.7 Å². The molecule has 3 aromatic rings. The number of esters is 1. The zero-order valence-electron chi connectivity index (χ0n) is 15.7. The Morgan fingerprint density at radius 3 is 2.66 bits per heavy atom. The summed E-state index contributed by atoms with van der Waals surface area (Å²) < 4.78 is 31.9. The first-order valence-corrected chi connectivity index (χ1v) is 11.0. The zero-order valence-corrected chi connectivity index (χ0v) is 17.4. The average Bonchev–Trinajstić information content (AvgIpc) is 3.26. The first-order valence-electron chi connectivity index (χ1n) is 8.67. The molecule has 2 N–H and O–H groups in total. The van der Waals surface area contributed by atoms with Gasteiger partial charge in [-0.05, 0) is 38.1 Å². The Kier molecular flexibility index (Phi) is 5.96. The predicted molar refractivity (Wildman–Crippen MR) is 106 cm³/mol. The van der Waals surface area contributed by atoms with E-state index in [1.165, 1.54) is 22.8 Å². The summed E-state index contributed by atoms with van der Waals surface area (Å²) in [5, 5.41) is 9.32. The number of carbonyl (C=O) groups is 2. The fourth-order valence-electron chi connectivity index (χ4n) is 2.60. The molecule has 0 unspecified atom stereocenters. The smallest absolute Gasteiger partial charge is 0.326 e. The highest BCUT2D eigenvalue weighted by atomic mass is 32.2. The number of fused-ring (bicyclic) bond motifs is 1. The van der Waals surface area contributed by atoms with Crippen LogP contribution in [0, 0.1) is 0 Å². The Hall–Kier alpha value is -2.83. The lowest BCUT2D eigenvalue weighted by atomic mass is 10.3. The molecule has 154 valence electrons. The number of ether oxygens (including phenoxy) is 1. The Balaban J connectivity index is 2.14. The van der Waals surface area contributed by atoms with Gasteiger partial charge in [0.2, 0.25) is 10.0 Å². The number of aryl methyl sites for hydroxylation is 1. The van der Waals surface area contributed by atoms with Crippen molar-refractivity contribution in [1.29, 1.82) is 0 Å². The van der Waals surface area contributed by atoms with E-state index in [0.29, 0.717) is 16.8 Å². The maximum atomic E-state index is 12.5. The topological polar surface area (TPSA) is 139 Å². The quantitative estimate of drug-likeness (QED) is 0.568. The number of primary sulfonamides is 1. The van der Waals surface area contributed by atoms with E-state index in [1.807, 2.05) is 6.92 Å². The van der Waals surface area contributed by atoms with Crippen molar-refractivity contribution in [2.75, 3.05) is 6.61 Å². The minimum absolute atomic E-state index is 0.0749. The normalized spacial score (nSPS) is 12.4. The van der Waals surface area contributed by atoms with Crippen molar-refractivity contribution in [3.63, 3.8) is 0 Å². The molecule has 10 nitrogen and oxygen atoms in total. The zero-order chi connectivity index (χ0) is 21.2. The molecule has 0 spiro atoms. The molecule has 12 heteroatoms. The molecule has 0 radical (unpaired) electrons. The van der Waals surface area contributed by atoms with Gasteiger partial charge >= 0.3 is 5.97 Å². The van der Waals surface area contributed by atoms with Gasteiger partial charge in [0.15, 0.2) is 10.5 Å². The second kappa shape index (κ2) is 8.27. The minimum Gasteiger partial charge on any atom is -0.465 e. The SMILES string of the molecule is CCOC(=O)Cn1c(=NC(=O)c2ccn(CC)n2)sc2cc(S(N)(=O)=O)ccc21. The standard InChI is InChI=1S/C17H19N5O5S2/c1-3-21-8-7-12(20-21)16(24)19-17-22(10-15(23)27-4-2)13-6-5-11(29(18,25)26)9-14(13)28-17/h5-9H,3-4,10H2,1-2H3,(H2,18,25,26). The number of hydrogen-bond donors (Lipinski definition) is 1. The van der Waals surface area contributed by atoms with E-state index in [-0.39, 0.29) is 28.5 Å². The van der Waals surface area contributed by atoms with Gasteiger partial charge in [0.05, 0.1) is 21.7 Å². The maximum Gasteiger partial charge on any atom is 0.326 e. The van der Waals surface area contributed by atoms with Crippen LogP contribution < -0.4 is 9.94 Å². The predicted octanol–water partition coefficient (Wildman–Crippen LogP) is 0.871. The van der Waals surface area contributed by atoms with Crippen LogP contribution in [0.5, 0.6) is 0 Å². The molecule has 0 atom stereocenters. The molecule has 0 bridgehead atoms. The fraction of sp³-hybridized carbons (Fsp3) is 0.294. The molecular weight excluding hydrogens is 418 g/mol. The van der Waals surface area contributed by atoms with Crippen LogP contribution in [0.3, 0.4) is 0 Å². The highest BCUT2D eigenvalue weighted by molar-refractivity contribution is 7.89. The van der Waals surface area contributed by atoms with Crippen LogP contribution in [0.1, 0.15) is 24.3 Å². The summed E-state index contributed by atoms with van der Waals surface area (Å²) >= 11 is 1.06. The number of thiazole rings is 1. The fourth-order valence-corrected chi connectivity index (χ4v) is 4.28. The maximum absolute atomic E-state index is 12.5. The number of nitrogens with two attached hydrogens (primary N) is 1. The van der Waals surface area contributed by atoms with Crippen molar-refractivity contribution in [2.24, 2.45) is 10.1 Å². The molecule has 2 heterocycles. The van der Waals surface area contributed by atoms with Crippen LogP contribution in [0.15, 0.2) is 40.4 Å². The van der Waals surface area contributed by atoms with Crippen molar-refractivity contribution in [3.05, 3.63) is 41.0 Å². The molecule has 0 saturated heterocycles. The Morgan fingerprint density at radius 1 is 1.28 bits per heavy atom. The van der Waals surface area contributed by atoms with Gasteiger partial charge in [-0.15, -0.1) is 0 Å². The van der Waals surface area contributed by atoms with E-state index in [4.69, 9.17) is 9.88 Å². The number of aromatic nitrogens is 3. The third-order valence-electron chi connectivity index (χ3n) is 3.96. The molecule has 0 aliphatic heterocycles. The third-order valence-corrected chi connectivity index (χ3v) is 5.91. The first-order chi connectivity index (χ1) is 13.7. The van der Waals surface area contributed by atoms with Crippen molar-refractivity contribution in [1.82, 2.24) is 14.3 Å². The van der Waals surface area contributed by atoms with Crippen LogP contribution in [-0.4, -0.2) is 41.2 Å². The number of rotatable bonds is 6. The number of hydrogen-bond acceptors (Lipinski definition) is 7. The van der Waals surface area contributed by atoms with Gasteiger partial charge in [-0.2, -0.15) is 10.1 Å². The lowest BCUT2D eigenvalue weighted by Gasteiger charge is -2.05. The monoisotopic (exact) mass is 437 g/mol. The van der Waals surface area contributed by atoms with Gasteiger partial charge in [0, 0.05) is 12.7 Å². The Labute approximate surface area is 170 Å². The molecule has 0 aliphatic carbocycles. The van der Waals surface area contributed by atoms with Crippen LogP contribution in [0.4, 0.5) is 0 Å². The van der Waals surface area contributed by atoms with Gasteiger partial charge in [-0.25, -0.2) is 13.6 Å².